The van der Waals surface area contributed by atoms with Crippen LogP contribution in [-0.2, 0) is 28.0 Å². The van der Waals surface area contributed by atoms with E-state index in [0.29, 0.717) is 24.6 Å². The van der Waals surface area contributed by atoms with Gasteiger partial charge in [0.25, 0.3) is 5.91 Å². The molecule has 3 aliphatic carbocycles. The summed E-state index contributed by atoms with van der Waals surface area (Å²) in [5.74, 6) is -1.93. The van der Waals surface area contributed by atoms with Gasteiger partial charge in [0.2, 0.25) is 0 Å². The van der Waals surface area contributed by atoms with Crippen molar-refractivity contribution in [2.75, 3.05) is 6.54 Å². The van der Waals surface area contributed by atoms with E-state index in [2.05, 4.69) is 11.4 Å². The van der Waals surface area contributed by atoms with Gasteiger partial charge in [-0.1, -0.05) is 37.1 Å². The second-order valence-electron chi connectivity index (χ2n) is 13.1. The smallest absolute Gasteiger partial charge is 0.335 e. The molecule has 1 saturated heterocycles. The number of hydrogen-bond acceptors (Lipinski definition) is 9. The van der Waals surface area contributed by atoms with Crippen LogP contribution in [-0.4, -0.2) is 95.9 Å². The van der Waals surface area contributed by atoms with Crippen molar-refractivity contribution in [3.8, 4) is 11.5 Å². The lowest BCUT2D eigenvalue weighted by Gasteiger charge is -2.64. The zero-order valence-corrected chi connectivity index (χ0v) is 23.9. The molecule has 2 aromatic carbocycles. The predicted molar refractivity (Wildman–Crippen MR) is 152 cm³/mol. The van der Waals surface area contributed by atoms with E-state index >= 15 is 0 Å². The summed E-state index contributed by atoms with van der Waals surface area (Å²) in [7, 11) is 0. The van der Waals surface area contributed by atoms with Crippen LogP contribution in [0, 0.1) is 11.8 Å². The SMILES string of the molecule is O=C(O)C(O)C(O)C(=O)O.O=C1c2ccccc2CN1[C@@H]1C(CC2CC2)CC2(O)[C@H]3Cc4ccc(O)c5c4[C@@]2(CCN3)[C@H]1O5. The summed E-state index contributed by atoms with van der Waals surface area (Å²) >= 11 is 0. The number of aliphatic hydroxyl groups excluding tert-OH is 2. The van der Waals surface area contributed by atoms with E-state index in [-0.39, 0.29) is 35.8 Å². The van der Waals surface area contributed by atoms with Crippen LogP contribution in [0.15, 0.2) is 36.4 Å². The number of fused-ring (bicyclic) bond motifs is 1. The van der Waals surface area contributed by atoms with Crippen molar-refractivity contribution < 1.29 is 49.8 Å². The van der Waals surface area contributed by atoms with Crippen molar-refractivity contribution in [2.24, 2.45) is 11.8 Å². The highest BCUT2D eigenvalue weighted by Crippen LogP contribution is 2.66. The van der Waals surface area contributed by atoms with Gasteiger partial charge in [-0.25, -0.2) is 9.59 Å². The van der Waals surface area contributed by atoms with E-state index in [9.17, 15) is 24.6 Å². The molecule has 8 rings (SSSR count). The molecule has 2 bridgehead atoms. The Bertz CT molecular complexity index is 1520. The molecule has 0 radical (unpaired) electrons. The average Bonchev–Trinajstić information content (AvgIpc) is 3.65. The van der Waals surface area contributed by atoms with E-state index in [0.717, 1.165) is 48.1 Å². The maximum atomic E-state index is 13.7. The topological polar surface area (TPSA) is 197 Å². The minimum absolute atomic E-state index is 0.0375. The summed E-state index contributed by atoms with van der Waals surface area (Å²) < 4.78 is 6.75. The average molecular weight is 609 g/mol. The Morgan fingerprint density at radius 2 is 1.75 bits per heavy atom. The van der Waals surface area contributed by atoms with Crippen molar-refractivity contribution in [1.82, 2.24) is 10.2 Å². The monoisotopic (exact) mass is 608 g/mol. The van der Waals surface area contributed by atoms with Crippen LogP contribution < -0.4 is 10.1 Å². The van der Waals surface area contributed by atoms with Crippen LogP contribution in [0.5, 0.6) is 11.5 Å². The van der Waals surface area contributed by atoms with E-state index in [1.165, 1.54) is 12.8 Å². The number of rotatable bonds is 6. The van der Waals surface area contributed by atoms with Gasteiger partial charge in [0.15, 0.2) is 23.7 Å². The second-order valence-corrected chi connectivity index (χ2v) is 13.1. The first-order chi connectivity index (χ1) is 21.0. The molecule has 2 aromatic rings. The zero-order chi connectivity index (χ0) is 31.1. The summed E-state index contributed by atoms with van der Waals surface area (Å²) in [5.41, 5.74) is 2.47. The van der Waals surface area contributed by atoms with Crippen molar-refractivity contribution in [2.45, 2.75) is 86.5 Å². The number of aromatic hydroxyl groups is 1. The first-order valence-electron chi connectivity index (χ1n) is 15.2. The lowest BCUT2D eigenvalue weighted by molar-refractivity contribution is -0.185. The molecular formula is C32H36N2O10. The summed E-state index contributed by atoms with van der Waals surface area (Å²) in [5, 5.41) is 59.6. The number of carbonyl (C=O) groups excluding carboxylic acids is 1. The van der Waals surface area contributed by atoms with E-state index in [1.807, 2.05) is 29.2 Å². The third kappa shape index (κ3) is 4.08. The Labute approximate surface area is 252 Å². The van der Waals surface area contributed by atoms with Crippen molar-refractivity contribution >= 4 is 17.8 Å². The van der Waals surface area contributed by atoms with Gasteiger partial charge in [-0.05, 0) is 67.3 Å². The fraction of sp³-hybridized carbons (Fsp3) is 0.531. The Morgan fingerprint density at radius 1 is 1.05 bits per heavy atom. The highest BCUT2D eigenvalue weighted by Gasteiger charge is 2.74. The van der Waals surface area contributed by atoms with Gasteiger partial charge in [-0.3, -0.25) is 4.79 Å². The second kappa shape index (κ2) is 10.2. The summed E-state index contributed by atoms with van der Waals surface area (Å²) in [6.45, 7) is 1.39. The van der Waals surface area contributed by atoms with E-state index in [1.54, 1.807) is 6.07 Å². The molecule has 2 saturated carbocycles. The van der Waals surface area contributed by atoms with Gasteiger partial charge in [-0.15, -0.1) is 0 Å². The maximum absolute atomic E-state index is 13.7. The van der Waals surface area contributed by atoms with E-state index < -0.39 is 35.2 Å². The normalized spacial score (nSPS) is 33.7. The van der Waals surface area contributed by atoms with Gasteiger partial charge < -0.3 is 45.6 Å². The van der Waals surface area contributed by atoms with E-state index in [4.69, 9.17) is 25.2 Å². The Balaban J connectivity index is 0.000000273. The third-order valence-corrected chi connectivity index (χ3v) is 10.8. The molecule has 0 aromatic heterocycles. The van der Waals surface area contributed by atoms with Crippen LogP contribution in [0.2, 0.25) is 0 Å². The third-order valence-electron chi connectivity index (χ3n) is 10.8. The summed E-state index contributed by atoms with van der Waals surface area (Å²) in [4.78, 5) is 35.3. The fourth-order valence-electron chi connectivity index (χ4n) is 8.75. The number of benzene rings is 2. The van der Waals surface area contributed by atoms with Crippen LogP contribution in [0.3, 0.4) is 0 Å². The number of aliphatic carboxylic acids is 2. The number of aliphatic hydroxyl groups is 3. The molecular weight excluding hydrogens is 572 g/mol. The number of carboxylic acid groups (broad SMARTS) is 2. The van der Waals surface area contributed by atoms with Gasteiger partial charge in [0.05, 0.1) is 17.1 Å². The van der Waals surface area contributed by atoms with Crippen LogP contribution in [0.1, 0.15) is 59.2 Å². The quantitative estimate of drug-likeness (QED) is 0.245. The number of phenolic OH excluding ortho intramolecular Hbond substituents is 1. The number of nitrogens with one attached hydrogen (secondary N) is 1. The minimum Gasteiger partial charge on any atom is -0.504 e. The lowest BCUT2D eigenvalue weighted by Crippen LogP contribution is -2.79. The molecule has 7 N–H and O–H groups in total. The number of carboxylic acids is 2. The van der Waals surface area contributed by atoms with Crippen LogP contribution >= 0.6 is 0 Å². The molecule has 3 fully saturated rings. The van der Waals surface area contributed by atoms with Gasteiger partial charge in [0, 0.05) is 23.7 Å². The van der Waals surface area contributed by atoms with Crippen molar-refractivity contribution in [1.29, 1.82) is 0 Å². The summed E-state index contributed by atoms with van der Waals surface area (Å²) in [6, 6.07) is 11.5. The highest BCUT2D eigenvalue weighted by atomic mass is 16.5. The molecule has 12 nitrogen and oxygen atoms in total. The minimum atomic E-state index is -2.27. The van der Waals surface area contributed by atoms with Gasteiger partial charge in [-0.2, -0.15) is 0 Å². The Kier molecular flexibility index (Phi) is 6.70. The number of phenols is 1. The number of nitrogens with zero attached hydrogens (tertiary/aromatic N) is 1. The Hall–Kier alpha value is -3.71. The number of amides is 1. The largest absolute Gasteiger partial charge is 0.504 e. The zero-order valence-electron chi connectivity index (χ0n) is 23.9. The first kappa shape index (κ1) is 29.0. The van der Waals surface area contributed by atoms with Crippen LogP contribution in [0.25, 0.3) is 0 Å². The molecule has 3 heterocycles. The molecule has 4 unspecified atom stereocenters. The number of ether oxygens (including phenoxy) is 1. The molecule has 6 aliphatic rings. The molecule has 234 valence electrons. The fourth-order valence-corrected chi connectivity index (χ4v) is 8.75. The Morgan fingerprint density at radius 3 is 2.41 bits per heavy atom. The molecule has 8 atom stereocenters. The maximum Gasteiger partial charge on any atom is 0.335 e. The highest BCUT2D eigenvalue weighted by molar-refractivity contribution is 5.98. The molecule has 1 amide bonds. The predicted octanol–water partition coefficient (Wildman–Crippen LogP) is 0.762. The van der Waals surface area contributed by atoms with Crippen molar-refractivity contribution in [3.05, 3.63) is 58.7 Å². The molecule has 1 spiro atoms. The summed E-state index contributed by atoms with van der Waals surface area (Å²) in [6.07, 6.45) is 0.751. The van der Waals surface area contributed by atoms with Gasteiger partial charge in [0.1, 0.15) is 6.10 Å². The standard InChI is InChI=1S/C28H30N2O4.C4H6O6/c31-20-8-7-16-12-21-28(33)13-18(11-15-5-6-15)23(30-14-17-3-1-2-4-19(17)26(30)32)25-27(28,9-10-29-21)22(16)24(20)34-25;5-1(3(7)8)2(6)4(9)10/h1-4,7-8,15,18,21,23,25,29,31,33H,5-6,9-14H2;1-2,5-6H,(H,7,8)(H,9,10)/t18?,21-,23-,25+,27+,28?;/m1./s1. The molecule has 3 aliphatic heterocycles. The lowest BCUT2D eigenvalue weighted by atomic mass is 9.46. The van der Waals surface area contributed by atoms with Crippen molar-refractivity contribution in [3.63, 3.8) is 0 Å². The number of piperidine rings is 1. The van der Waals surface area contributed by atoms with Gasteiger partial charge >= 0.3 is 11.9 Å². The first-order valence-corrected chi connectivity index (χ1v) is 15.2. The number of carbonyl (C=O) groups is 3. The molecule has 44 heavy (non-hydrogen) atoms. The number of hydrogen-bond donors (Lipinski definition) is 7. The van der Waals surface area contributed by atoms with Crippen LogP contribution in [0.4, 0.5) is 0 Å². The molecule has 12 heteroatoms.